The van der Waals surface area contributed by atoms with E-state index in [1.807, 2.05) is 30.3 Å². The molecule has 0 amide bonds. The van der Waals surface area contributed by atoms with Gasteiger partial charge in [-0.2, -0.15) is 0 Å². The average molecular weight is 643 g/mol. The van der Waals surface area contributed by atoms with Crippen molar-refractivity contribution in [1.82, 2.24) is 19.1 Å². The molecule has 50 heavy (non-hydrogen) atoms. The second-order valence-electron chi connectivity index (χ2n) is 12.7. The quantitative estimate of drug-likeness (QED) is 0.188. The van der Waals surface area contributed by atoms with Crippen molar-refractivity contribution < 1.29 is 4.42 Å². The molecule has 0 N–H and O–H groups in total. The number of para-hydroxylation sites is 4. The minimum absolute atomic E-state index is 0.644. The molecule has 0 unspecified atom stereocenters. The Morgan fingerprint density at radius 2 is 1.18 bits per heavy atom. The molecule has 0 bridgehead atoms. The van der Waals surface area contributed by atoms with Gasteiger partial charge in [-0.1, -0.05) is 97.6 Å². The Labute approximate surface area is 288 Å². The van der Waals surface area contributed by atoms with Crippen LogP contribution in [0.25, 0.3) is 94.9 Å². The normalized spacial score (nSPS) is 11.8. The molecule has 0 fully saturated rings. The molecule has 4 heterocycles. The smallest absolute Gasteiger partial charge is 0.180 e. The van der Waals surface area contributed by atoms with E-state index in [9.17, 15) is 0 Å². The van der Waals surface area contributed by atoms with Gasteiger partial charge >= 0.3 is 0 Å². The van der Waals surface area contributed by atoms with E-state index in [2.05, 4.69) is 144 Å². The topological polar surface area (TPSA) is 48.8 Å². The maximum absolute atomic E-state index is 6.48. The summed E-state index contributed by atoms with van der Waals surface area (Å²) in [5, 5.41) is 4.61. The molecule has 5 nitrogen and oxygen atoms in total. The molecule has 5 heteroatoms. The van der Waals surface area contributed by atoms with Crippen molar-refractivity contribution in [3.05, 3.63) is 163 Å². The summed E-state index contributed by atoms with van der Waals surface area (Å²) in [6.45, 7) is 6.30. The van der Waals surface area contributed by atoms with Crippen molar-refractivity contribution in [2.24, 2.45) is 0 Å². The van der Waals surface area contributed by atoms with Crippen LogP contribution in [-0.4, -0.2) is 19.1 Å². The molecule has 0 atom stereocenters. The maximum Gasteiger partial charge on any atom is 0.180 e. The van der Waals surface area contributed by atoms with Gasteiger partial charge in [0.1, 0.15) is 16.8 Å². The van der Waals surface area contributed by atoms with Gasteiger partial charge in [0, 0.05) is 49.7 Å². The Kier molecular flexibility index (Phi) is 6.17. The van der Waals surface area contributed by atoms with Crippen molar-refractivity contribution in [2.45, 2.75) is 6.92 Å². The third-order valence-electron chi connectivity index (χ3n) is 9.93. The summed E-state index contributed by atoms with van der Waals surface area (Å²) >= 11 is 0. The molecular weight excluding hydrogens is 613 g/mol. The molecule has 0 radical (unpaired) electrons. The zero-order chi connectivity index (χ0) is 33.3. The minimum atomic E-state index is 0.644. The monoisotopic (exact) mass is 642 g/mol. The van der Waals surface area contributed by atoms with Gasteiger partial charge in [0.25, 0.3) is 0 Å². The van der Waals surface area contributed by atoms with Gasteiger partial charge in [0.05, 0.1) is 16.6 Å². The zero-order valence-electron chi connectivity index (χ0n) is 27.3. The molecule has 6 aromatic carbocycles. The first-order chi connectivity index (χ1) is 24.7. The van der Waals surface area contributed by atoms with Gasteiger partial charge in [0.2, 0.25) is 0 Å². The first-order valence-electron chi connectivity index (χ1n) is 16.8. The van der Waals surface area contributed by atoms with Crippen LogP contribution in [0.15, 0.2) is 157 Å². The van der Waals surface area contributed by atoms with E-state index in [1.165, 1.54) is 32.8 Å². The SMILES string of the molecule is C=Cc1c(C)c2ccc(-c3nc(-c4ccc(-n5c6ccccc6c6ccccc65)cc4)c4oc5ccccc5c4n3)cc2n1-c1ccccc1. The van der Waals surface area contributed by atoms with Crippen LogP contribution in [0.3, 0.4) is 0 Å². The number of hydrogen-bond acceptors (Lipinski definition) is 3. The van der Waals surface area contributed by atoms with E-state index in [0.717, 1.165) is 55.9 Å². The lowest BCUT2D eigenvalue weighted by Gasteiger charge is -2.11. The fraction of sp³-hybridized carbons (Fsp3) is 0.0222. The summed E-state index contributed by atoms with van der Waals surface area (Å²) in [7, 11) is 0. The number of hydrogen-bond donors (Lipinski definition) is 0. The highest BCUT2D eigenvalue weighted by molar-refractivity contribution is 6.10. The highest BCUT2D eigenvalue weighted by Gasteiger charge is 2.20. The van der Waals surface area contributed by atoms with Gasteiger partial charge in [-0.15, -0.1) is 0 Å². The molecular formula is C45H30N4O. The lowest BCUT2D eigenvalue weighted by atomic mass is 10.1. The van der Waals surface area contributed by atoms with E-state index in [1.54, 1.807) is 0 Å². The Balaban J connectivity index is 1.18. The number of furan rings is 1. The fourth-order valence-electron chi connectivity index (χ4n) is 7.59. The summed E-state index contributed by atoms with van der Waals surface area (Å²) < 4.78 is 11.1. The molecule has 0 aliphatic carbocycles. The molecule has 236 valence electrons. The predicted octanol–water partition coefficient (Wildman–Crippen LogP) is 11.7. The van der Waals surface area contributed by atoms with E-state index < -0.39 is 0 Å². The summed E-state index contributed by atoms with van der Waals surface area (Å²) in [5.74, 6) is 0.644. The molecule has 0 aliphatic heterocycles. The third-order valence-corrected chi connectivity index (χ3v) is 9.93. The second kappa shape index (κ2) is 10.9. The Bertz CT molecular complexity index is 2890. The maximum atomic E-state index is 6.48. The summed E-state index contributed by atoms with van der Waals surface area (Å²) in [4.78, 5) is 10.4. The van der Waals surface area contributed by atoms with Crippen molar-refractivity contribution >= 4 is 60.9 Å². The van der Waals surface area contributed by atoms with Crippen LogP contribution in [0.1, 0.15) is 11.3 Å². The van der Waals surface area contributed by atoms with E-state index >= 15 is 0 Å². The van der Waals surface area contributed by atoms with E-state index in [-0.39, 0.29) is 0 Å². The van der Waals surface area contributed by atoms with Gasteiger partial charge < -0.3 is 13.6 Å². The van der Waals surface area contributed by atoms with Crippen LogP contribution in [0.5, 0.6) is 0 Å². The minimum Gasteiger partial charge on any atom is -0.452 e. The largest absolute Gasteiger partial charge is 0.452 e. The first-order valence-corrected chi connectivity index (χ1v) is 16.8. The zero-order valence-corrected chi connectivity index (χ0v) is 27.3. The van der Waals surface area contributed by atoms with Crippen molar-refractivity contribution in [3.63, 3.8) is 0 Å². The Morgan fingerprint density at radius 3 is 1.90 bits per heavy atom. The lowest BCUT2D eigenvalue weighted by Crippen LogP contribution is -1.98. The second-order valence-corrected chi connectivity index (χ2v) is 12.7. The number of fused-ring (bicyclic) bond motifs is 7. The number of benzene rings is 6. The van der Waals surface area contributed by atoms with Crippen LogP contribution in [0.4, 0.5) is 0 Å². The highest BCUT2D eigenvalue weighted by Crippen LogP contribution is 2.38. The van der Waals surface area contributed by atoms with Crippen LogP contribution < -0.4 is 0 Å². The van der Waals surface area contributed by atoms with Gasteiger partial charge in [-0.3, -0.25) is 0 Å². The standard InChI is InChI=1S/C45H30N4O/c1-3-37-28(2)33-26-23-30(27-40(33)48(37)31-13-5-4-6-14-31)45-46-42(44-43(47-45)36-17-9-12-20-41(36)50-44)29-21-24-32(25-22-29)49-38-18-10-7-15-34(38)35-16-8-11-19-39(35)49/h3-27H,1H2,2H3. The van der Waals surface area contributed by atoms with Gasteiger partial charge in [0.15, 0.2) is 11.4 Å². The number of nitrogens with zero attached hydrogens (tertiary/aromatic N) is 4. The summed E-state index contributed by atoms with van der Waals surface area (Å²) in [5.41, 5.74) is 12.8. The molecule has 10 rings (SSSR count). The van der Waals surface area contributed by atoms with E-state index in [0.29, 0.717) is 11.4 Å². The molecule has 4 aromatic heterocycles. The predicted molar refractivity (Wildman–Crippen MR) is 206 cm³/mol. The summed E-state index contributed by atoms with van der Waals surface area (Å²) in [6.07, 6.45) is 1.93. The molecule has 0 saturated carbocycles. The number of aryl methyl sites for hydroxylation is 1. The Morgan fingerprint density at radius 1 is 0.560 bits per heavy atom. The Hall–Kier alpha value is -6.72. The van der Waals surface area contributed by atoms with Gasteiger partial charge in [-0.05, 0) is 73.2 Å². The van der Waals surface area contributed by atoms with Crippen molar-refractivity contribution in [1.29, 1.82) is 0 Å². The molecule has 10 aromatic rings. The average Bonchev–Trinajstić information content (AvgIpc) is 3.82. The van der Waals surface area contributed by atoms with Crippen LogP contribution in [-0.2, 0) is 0 Å². The van der Waals surface area contributed by atoms with Crippen molar-refractivity contribution in [2.75, 3.05) is 0 Å². The van der Waals surface area contributed by atoms with Gasteiger partial charge in [-0.25, -0.2) is 9.97 Å². The van der Waals surface area contributed by atoms with Crippen LogP contribution >= 0.6 is 0 Å². The number of aromatic nitrogens is 4. The third kappa shape index (κ3) is 4.13. The van der Waals surface area contributed by atoms with Crippen molar-refractivity contribution in [3.8, 4) is 34.0 Å². The van der Waals surface area contributed by atoms with Crippen LogP contribution in [0.2, 0.25) is 0 Å². The molecule has 0 aliphatic rings. The summed E-state index contributed by atoms with van der Waals surface area (Å²) in [6, 6.07) is 50.7. The molecule has 0 spiro atoms. The molecule has 0 saturated heterocycles. The fourth-order valence-corrected chi connectivity index (χ4v) is 7.59. The van der Waals surface area contributed by atoms with Crippen LogP contribution in [0, 0.1) is 6.92 Å². The number of rotatable bonds is 5. The lowest BCUT2D eigenvalue weighted by molar-refractivity contribution is 0.667. The highest BCUT2D eigenvalue weighted by atomic mass is 16.3. The van der Waals surface area contributed by atoms with E-state index in [4.69, 9.17) is 14.4 Å². The first kappa shape index (κ1) is 28.3.